The SMILES string of the molecule is CC(C)(C)OC(=O)[C@@H](N)c1ccccc1.Cl. The van der Waals surface area contributed by atoms with Crippen molar-refractivity contribution in [2.75, 3.05) is 0 Å². The minimum Gasteiger partial charge on any atom is -0.459 e. The summed E-state index contributed by atoms with van der Waals surface area (Å²) in [7, 11) is 0. The van der Waals surface area contributed by atoms with Crippen molar-refractivity contribution in [1.82, 2.24) is 0 Å². The Morgan fingerprint density at radius 2 is 1.75 bits per heavy atom. The van der Waals surface area contributed by atoms with Gasteiger partial charge in [-0.3, -0.25) is 0 Å². The molecule has 0 aliphatic carbocycles. The third-order valence-electron chi connectivity index (χ3n) is 1.82. The molecule has 0 saturated carbocycles. The van der Waals surface area contributed by atoms with Gasteiger partial charge in [0.1, 0.15) is 11.6 Å². The van der Waals surface area contributed by atoms with Crippen LogP contribution in [0.25, 0.3) is 0 Å². The van der Waals surface area contributed by atoms with E-state index in [9.17, 15) is 4.79 Å². The van der Waals surface area contributed by atoms with Crippen LogP contribution in [-0.2, 0) is 9.53 Å². The van der Waals surface area contributed by atoms with Crippen molar-refractivity contribution < 1.29 is 9.53 Å². The molecule has 1 aromatic rings. The van der Waals surface area contributed by atoms with Gasteiger partial charge in [0.05, 0.1) is 0 Å². The van der Waals surface area contributed by atoms with E-state index in [1.54, 1.807) is 0 Å². The van der Waals surface area contributed by atoms with Crippen LogP contribution in [0.15, 0.2) is 30.3 Å². The smallest absolute Gasteiger partial charge is 0.328 e. The maximum atomic E-state index is 11.6. The third-order valence-corrected chi connectivity index (χ3v) is 1.82. The molecular formula is C12H18ClNO2. The third kappa shape index (κ3) is 4.64. The second-order valence-electron chi connectivity index (χ2n) is 4.42. The molecule has 0 spiro atoms. The minimum absolute atomic E-state index is 0. The van der Waals surface area contributed by atoms with E-state index < -0.39 is 17.6 Å². The fourth-order valence-corrected chi connectivity index (χ4v) is 1.16. The molecule has 0 saturated heterocycles. The van der Waals surface area contributed by atoms with E-state index in [-0.39, 0.29) is 12.4 Å². The quantitative estimate of drug-likeness (QED) is 0.812. The van der Waals surface area contributed by atoms with Gasteiger partial charge in [0.2, 0.25) is 0 Å². The normalized spacial score (nSPS) is 12.5. The Balaban J connectivity index is 0.00000225. The van der Waals surface area contributed by atoms with Gasteiger partial charge < -0.3 is 10.5 Å². The average Bonchev–Trinajstić information content (AvgIpc) is 2.15. The number of hydrogen-bond donors (Lipinski definition) is 1. The predicted molar refractivity (Wildman–Crippen MR) is 66.5 cm³/mol. The zero-order chi connectivity index (χ0) is 11.5. The van der Waals surface area contributed by atoms with Gasteiger partial charge in [-0.05, 0) is 26.3 Å². The lowest BCUT2D eigenvalue weighted by Gasteiger charge is -2.22. The van der Waals surface area contributed by atoms with Crippen LogP contribution in [0, 0.1) is 0 Å². The zero-order valence-electron chi connectivity index (χ0n) is 9.77. The van der Waals surface area contributed by atoms with E-state index in [2.05, 4.69) is 0 Å². The highest BCUT2D eigenvalue weighted by molar-refractivity contribution is 5.85. The number of carbonyl (C=O) groups is 1. The Hall–Kier alpha value is -1.06. The summed E-state index contributed by atoms with van der Waals surface area (Å²) in [6.45, 7) is 5.47. The Morgan fingerprint density at radius 3 is 2.19 bits per heavy atom. The summed E-state index contributed by atoms with van der Waals surface area (Å²) >= 11 is 0. The summed E-state index contributed by atoms with van der Waals surface area (Å²) in [6, 6.07) is 8.50. The van der Waals surface area contributed by atoms with E-state index in [4.69, 9.17) is 10.5 Å². The second kappa shape index (κ2) is 5.87. The molecule has 16 heavy (non-hydrogen) atoms. The van der Waals surface area contributed by atoms with Crippen molar-refractivity contribution in [3.8, 4) is 0 Å². The van der Waals surface area contributed by atoms with Gasteiger partial charge in [0.25, 0.3) is 0 Å². The lowest BCUT2D eigenvalue weighted by molar-refractivity contribution is -0.156. The minimum atomic E-state index is -0.703. The van der Waals surface area contributed by atoms with Crippen LogP contribution in [-0.4, -0.2) is 11.6 Å². The molecule has 90 valence electrons. The van der Waals surface area contributed by atoms with Gasteiger partial charge in [-0.2, -0.15) is 0 Å². The largest absolute Gasteiger partial charge is 0.459 e. The lowest BCUT2D eigenvalue weighted by atomic mass is 10.1. The van der Waals surface area contributed by atoms with Crippen LogP contribution in [0.3, 0.4) is 0 Å². The maximum Gasteiger partial charge on any atom is 0.328 e. The van der Waals surface area contributed by atoms with Gasteiger partial charge in [0.15, 0.2) is 0 Å². The Bertz CT molecular complexity index is 333. The summed E-state index contributed by atoms with van der Waals surface area (Å²) in [5.41, 5.74) is 6.04. The number of ether oxygens (including phenoxy) is 1. The molecule has 0 aliphatic heterocycles. The highest BCUT2D eigenvalue weighted by Crippen LogP contribution is 2.15. The standard InChI is InChI=1S/C12H17NO2.ClH/c1-12(2,3)15-11(14)10(13)9-7-5-4-6-8-9;/h4-8,10H,13H2,1-3H3;1H/t10-;/m0./s1. The summed E-state index contributed by atoms with van der Waals surface area (Å²) in [5, 5.41) is 0. The van der Waals surface area contributed by atoms with E-state index in [1.807, 2.05) is 51.1 Å². The first kappa shape index (κ1) is 14.9. The molecule has 0 heterocycles. The van der Waals surface area contributed by atoms with Crippen molar-refractivity contribution in [2.45, 2.75) is 32.4 Å². The van der Waals surface area contributed by atoms with Gasteiger partial charge in [-0.1, -0.05) is 30.3 Å². The monoisotopic (exact) mass is 243 g/mol. The molecule has 0 aromatic heterocycles. The van der Waals surface area contributed by atoms with E-state index >= 15 is 0 Å². The lowest BCUT2D eigenvalue weighted by Crippen LogP contribution is -2.31. The molecule has 1 atom stereocenters. The number of rotatable bonds is 2. The second-order valence-corrected chi connectivity index (χ2v) is 4.42. The number of benzene rings is 1. The summed E-state index contributed by atoms with van der Waals surface area (Å²) in [5.74, 6) is -0.395. The number of carbonyl (C=O) groups excluding carboxylic acids is 1. The van der Waals surface area contributed by atoms with E-state index in [0.717, 1.165) is 5.56 Å². The number of halogens is 1. The highest BCUT2D eigenvalue weighted by Gasteiger charge is 2.22. The van der Waals surface area contributed by atoms with Gasteiger partial charge in [-0.15, -0.1) is 12.4 Å². The van der Waals surface area contributed by atoms with Crippen LogP contribution in [0.4, 0.5) is 0 Å². The molecule has 3 nitrogen and oxygen atoms in total. The Labute approximate surface area is 102 Å². The topological polar surface area (TPSA) is 52.3 Å². The molecule has 0 unspecified atom stereocenters. The molecular weight excluding hydrogens is 226 g/mol. The molecule has 4 heteroatoms. The highest BCUT2D eigenvalue weighted by atomic mass is 35.5. The molecule has 0 amide bonds. The van der Waals surface area contributed by atoms with Crippen LogP contribution < -0.4 is 5.73 Å². The molecule has 0 radical (unpaired) electrons. The molecule has 1 rings (SSSR count). The first-order valence-electron chi connectivity index (χ1n) is 4.93. The van der Waals surface area contributed by atoms with E-state index in [1.165, 1.54) is 0 Å². The maximum absolute atomic E-state index is 11.6. The zero-order valence-corrected chi connectivity index (χ0v) is 10.6. The van der Waals surface area contributed by atoms with Crippen LogP contribution in [0.2, 0.25) is 0 Å². The summed E-state index contributed by atoms with van der Waals surface area (Å²) in [4.78, 5) is 11.6. The van der Waals surface area contributed by atoms with Crippen molar-refractivity contribution in [1.29, 1.82) is 0 Å². The first-order chi connectivity index (χ1) is 6.90. The Morgan fingerprint density at radius 1 is 1.25 bits per heavy atom. The van der Waals surface area contributed by atoms with Crippen LogP contribution in [0.1, 0.15) is 32.4 Å². The molecule has 0 bridgehead atoms. The fourth-order valence-electron chi connectivity index (χ4n) is 1.16. The summed E-state index contributed by atoms with van der Waals surface area (Å²) < 4.78 is 5.19. The van der Waals surface area contributed by atoms with Crippen molar-refractivity contribution >= 4 is 18.4 Å². The number of esters is 1. The van der Waals surface area contributed by atoms with Crippen molar-refractivity contribution in [3.63, 3.8) is 0 Å². The Kier molecular flexibility index (Phi) is 5.48. The van der Waals surface area contributed by atoms with Crippen molar-refractivity contribution in [2.24, 2.45) is 5.73 Å². The number of hydrogen-bond acceptors (Lipinski definition) is 3. The van der Waals surface area contributed by atoms with Crippen molar-refractivity contribution in [3.05, 3.63) is 35.9 Å². The summed E-state index contributed by atoms with van der Waals surface area (Å²) in [6.07, 6.45) is 0. The van der Waals surface area contributed by atoms with Gasteiger partial charge >= 0.3 is 5.97 Å². The van der Waals surface area contributed by atoms with Gasteiger partial charge in [-0.25, -0.2) is 4.79 Å². The van der Waals surface area contributed by atoms with Crippen LogP contribution in [0.5, 0.6) is 0 Å². The number of nitrogens with two attached hydrogens (primary N) is 1. The molecule has 1 aromatic carbocycles. The fraction of sp³-hybridized carbons (Fsp3) is 0.417. The average molecular weight is 244 g/mol. The predicted octanol–water partition coefficient (Wildman–Crippen LogP) is 2.45. The first-order valence-corrected chi connectivity index (χ1v) is 4.93. The molecule has 0 fully saturated rings. The molecule has 0 aliphatic rings. The van der Waals surface area contributed by atoms with Crippen LogP contribution >= 0.6 is 12.4 Å². The van der Waals surface area contributed by atoms with Gasteiger partial charge in [0, 0.05) is 0 Å². The van der Waals surface area contributed by atoms with E-state index in [0.29, 0.717) is 0 Å². The molecule has 2 N–H and O–H groups in total.